The Labute approximate surface area is 240 Å². The molecular formula is C35H36O6. The lowest BCUT2D eigenvalue weighted by Crippen LogP contribution is -2.73. The van der Waals surface area contributed by atoms with Gasteiger partial charge in [0.2, 0.25) is 0 Å². The number of hydrogen-bond acceptors (Lipinski definition) is 6. The van der Waals surface area contributed by atoms with Gasteiger partial charge in [-0.1, -0.05) is 68.4 Å². The van der Waals surface area contributed by atoms with Crippen molar-refractivity contribution in [2.24, 2.45) is 28.6 Å². The molecule has 2 unspecified atom stereocenters. The van der Waals surface area contributed by atoms with E-state index in [0.717, 1.165) is 11.1 Å². The maximum Gasteiger partial charge on any atom is 0.192 e. The van der Waals surface area contributed by atoms with Crippen molar-refractivity contribution in [3.05, 3.63) is 75.4 Å². The number of Topliss-reactive ketones (excluding diaryl/α,β-unsaturated/α-hetero) is 4. The summed E-state index contributed by atoms with van der Waals surface area (Å²) in [5.74, 6) is 0.441. The van der Waals surface area contributed by atoms with Gasteiger partial charge in [0.1, 0.15) is 17.5 Å². The topological polar surface area (TPSA) is 109 Å². The molecule has 3 aliphatic carbocycles. The van der Waals surface area contributed by atoms with E-state index in [1.54, 1.807) is 19.9 Å². The number of hydrogen-bond donors (Lipinski definition) is 2. The van der Waals surface area contributed by atoms with E-state index in [2.05, 4.69) is 11.8 Å². The number of carbonyl (C=O) groups excluding carboxylic acids is 4. The number of carbonyl (C=O) groups is 4. The van der Waals surface area contributed by atoms with Crippen molar-refractivity contribution in [3.8, 4) is 17.6 Å². The minimum absolute atomic E-state index is 0.00548. The van der Waals surface area contributed by atoms with E-state index in [1.165, 1.54) is 13.0 Å². The largest absolute Gasteiger partial charge is 0.507 e. The molecule has 0 spiro atoms. The second-order valence-electron chi connectivity index (χ2n) is 13.0. The number of fused-ring (bicyclic) bond motifs is 3. The standard InChI is InChI=1S/C35H36O6/c1-18(2)28-20(4)26(21(5)36)31(39)35(41)32(40)29-30(38)27-24(16-33(29,6)17-34(28,35)7)23(14-15-25(27)37)13-12-22-10-8-19(3)9-11-22/h8-11,14-15,18,26,29,37,41H,16-17H2,1-7H3/t26?,29?,33-,34-,35+/m0/s1. The monoisotopic (exact) mass is 552 g/mol. The Balaban J connectivity index is 1.71. The minimum atomic E-state index is -2.54. The van der Waals surface area contributed by atoms with E-state index in [-0.39, 0.29) is 30.1 Å². The number of phenols is 1. The second-order valence-corrected chi connectivity index (χ2v) is 13.0. The van der Waals surface area contributed by atoms with Crippen LogP contribution in [0.5, 0.6) is 5.75 Å². The molecule has 0 aliphatic heterocycles. The molecule has 2 N–H and O–H groups in total. The van der Waals surface area contributed by atoms with Gasteiger partial charge in [-0.2, -0.15) is 0 Å². The number of aryl methyl sites for hydroxylation is 1. The summed E-state index contributed by atoms with van der Waals surface area (Å²) in [7, 11) is 0. The van der Waals surface area contributed by atoms with Gasteiger partial charge in [-0.15, -0.1) is 0 Å². The molecule has 1 saturated carbocycles. The van der Waals surface area contributed by atoms with E-state index in [4.69, 9.17) is 0 Å². The first kappa shape index (κ1) is 28.7. The average molecular weight is 553 g/mol. The number of aromatic hydroxyl groups is 1. The van der Waals surface area contributed by atoms with Crippen LogP contribution in [0.1, 0.15) is 80.6 Å². The Bertz CT molecular complexity index is 1630. The Kier molecular flexibility index (Phi) is 6.55. The van der Waals surface area contributed by atoms with Crippen molar-refractivity contribution >= 4 is 23.1 Å². The van der Waals surface area contributed by atoms with Crippen LogP contribution >= 0.6 is 0 Å². The summed E-state index contributed by atoms with van der Waals surface area (Å²) in [4.78, 5) is 55.1. The van der Waals surface area contributed by atoms with Crippen molar-refractivity contribution < 1.29 is 29.4 Å². The zero-order chi connectivity index (χ0) is 30.2. The first-order valence-corrected chi connectivity index (χ1v) is 14.1. The van der Waals surface area contributed by atoms with E-state index < -0.39 is 51.4 Å². The molecule has 0 saturated heterocycles. The SMILES string of the molecule is CC(=O)C1C(=O)[C@@]2(O)C(=O)C3C(=O)c4c(O)ccc(C#Cc5ccc(C)cc5)c4C[C@@]3(C)C[C@@]2(C)C(C(C)C)=C1C. The van der Waals surface area contributed by atoms with E-state index in [1.807, 2.05) is 52.0 Å². The zero-order valence-electron chi connectivity index (χ0n) is 24.6. The third-order valence-corrected chi connectivity index (χ3v) is 9.70. The highest BCUT2D eigenvalue weighted by atomic mass is 16.3. The van der Waals surface area contributed by atoms with Gasteiger partial charge < -0.3 is 10.2 Å². The second kappa shape index (κ2) is 9.36. The number of ketones is 4. The van der Waals surface area contributed by atoms with Gasteiger partial charge in [0.25, 0.3) is 0 Å². The smallest absolute Gasteiger partial charge is 0.192 e. The predicted octanol–water partition coefficient (Wildman–Crippen LogP) is 4.93. The quantitative estimate of drug-likeness (QED) is 0.311. The summed E-state index contributed by atoms with van der Waals surface area (Å²) in [5, 5.41) is 23.0. The minimum Gasteiger partial charge on any atom is -0.507 e. The highest BCUT2D eigenvalue weighted by Crippen LogP contribution is 2.64. The molecule has 2 aromatic rings. The van der Waals surface area contributed by atoms with Crippen LogP contribution in [0.4, 0.5) is 0 Å². The molecule has 3 aliphatic rings. The summed E-state index contributed by atoms with van der Waals surface area (Å²) in [5.41, 5.74) is -0.494. The van der Waals surface area contributed by atoms with Gasteiger partial charge in [-0.3, -0.25) is 19.2 Å². The molecule has 5 rings (SSSR count). The molecule has 0 radical (unpaired) electrons. The van der Waals surface area contributed by atoms with Crippen LogP contribution in [-0.2, 0) is 20.8 Å². The normalized spacial score (nSPS) is 30.8. The molecule has 0 amide bonds. The lowest BCUT2D eigenvalue weighted by Gasteiger charge is -2.60. The highest BCUT2D eigenvalue weighted by Gasteiger charge is 2.73. The number of rotatable bonds is 2. The number of benzene rings is 2. The highest BCUT2D eigenvalue weighted by molar-refractivity contribution is 6.27. The molecule has 212 valence electrons. The van der Waals surface area contributed by atoms with Crippen LogP contribution in [0, 0.1) is 47.3 Å². The molecular weight excluding hydrogens is 516 g/mol. The molecule has 2 aromatic carbocycles. The van der Waals surface area contributed by atoms with Crippen LogP contribution in [0.15, 0.2) is 47.5 Å². The third kappa shape index (κ3) is 3.89. The van der Waals surface area contributed by atoms with Gasteiger partial charge in [0.15, 0.2) is 23.0 Å². The summed E-state index contributed by atoms with van der Waals surface area (Å²) in [6, 6.07) is 10.8. The van der Waals surface area contributed by atoms with Gasteiger partial charge in [0.05, 0.1) is 11.5 Å². The van der Waals surface area contributed by atoms with Crippen LogP contribution < -0.4 is 0 Å². The Morgan fingerprint density at radius 2 is 1.61 bits per heavy atom. The van der Waals surface area contributed by atoms with Gasteiger partial charge >= 0.3 is 0 Å². The molecule has 1 fully saturated rings. The average Bonchev–Trinajstić information content (AvgIpc) is 2.86. The van der Waals surface area contributed by atoms with Gasteiger partial charge in [-0.25, -0.2) is 0 Å². The lowest BCUT2D eigenvalue weighted by molar-refractivity contribution is -0.183. The lowest BCUT2D eigenvalue weighted by atomic mass is 9.41. The zero-order valence-corrected chi connectivity index (χ0v) is 24.6. The molecule has 0 aromatic heterocycles. The molecule has 5 atom stereocenters. The first-order valence-electron chi connectivity index (χ1n) is 14.1. The Hall–Kier alpha value is -3.82. The van der Waals surface area contributed by atoms with Gasteiger partial charge in [-0.05, 0) is 74.8 Å². The Morgan fingerprint density at radius 3 is 2.20 bits per heavy atom. The fraction of sp³-hybridized carbons (Fsp3) is 0.429. The summed E-state index contributed by atoms with van der Waals surface area (Å²) in [6.07, 6.45) is 0.414. The maximum absolute atomic E-state index is 14.4. The number of aliphatic hydroxyl groups is 1. The van der Waals surface area contributed by atoms with Crippen LogP contribution in [0.2, 0.25) is 0 Å². The third-order valence-electron chi connectivity index (χ3n) is 9.70. The number of allylic oxidation sites excluding steroid dienone is 1. The van der Waals surface area contributed by atoms with Crippen LogP contribution in [0.25, 0.3) is 0 Å². The molecule has 0 heterocycles. The fourth-order valence-electron chi connectivity index (χ4n) is 8.23. The maximum atomic E-state index is 14.4. The summed E-state index contributed by atoms with van der Waals surface area (Å²) in [6.45, 7) is 12.4. The molecule has 6 nitrogen and oxygen atoms in total. The van der Waals surface area contributed by atoms with E-state index >= 15 is 0 Å². The van der Waals surface area contributed by atoms with Gasteiger partial charge in [0, 0.05) is 16.5 Å². The molecule has 6 heteroatoms. The molecule has 0 bridgehead atoms. The predicted molar refractivity (Wildman–Crippen MR) is 154 cm³/mol. The van der Waals surface area contributed by atoms with Crippen molar-refractivity contribution in [1.82, 2.24) is 0 Å². The van der Waals surface area contributed by atoms with E-state index in [9.17, 15) is 29.4 Å². The van der Waals surface area contributed by atoms with Crippen molar-refractivity contribution in [2.45, 2.75) is 66.9 Å². The van der Waals surface area contributed by atoms with Crippen LogP contribution in [0.3, 0.4) is 0 Å². The van der Waals surface area contributed by atoms with Crippen molar-refractivity contribution in [2.75, 3.05) is 0 Å². The summed E-state index contributed by atoms with van der Waals surface area (Å²) < 4.78 is 0. The van der Waals surface area contributed by atoms with E-state index in [0.29, 0.717) is 22.3 Å². The first-order chi connectivity index (χ1) is 19.1. The number of phenolic OH excluding ortho intramolecular Hbond substituents is 1. The van der Waals surface area contributed by atoms with Crippen molar-refractivity contribution in [3.63, 3.8) is 0 Å². The molecule has 41 heavy (non-hydrogen) atoms. The fourth-order valence-corrected chi connectivity index (χ4v) is 8.23. The van der Waals surface area contributed by atoms with Crippen molar-refractivity contribution in [1.29, 1.82) is 0 Å². The van der Waals surface area contributed by atoms with Crippen LogP contribution in [-0.4, -0.2) is 38.9 Å². The summed E-state index contributed by atoms with van der Waals surface area (Å²) >= 11 is 0. The Morgan fingerprint density at radius 1 is 0.976 bits per heavy atom.